The first-order chi connectivity index (χ1) is 13.1. The lowest BCUT2D eigenvalue weighted by Crippen LogP contribution is -2.63. The van der Waals surface area contributed by atoms with E-state index in [1.165, 1.54) is 16.7 Å². The highest BCUT2D eigenvalue weighted by molar-refractivity contribution is 14.1. The van der Waals surface area contributed by atoms with E-state index in [0.717, 1.165) is 5.56 Å². The van der Waals surface area contributed by atoms with E-state index < -0.39 is 9.64 Å². The average Bonchev–Trinajstić information content (AvgIpc) is 2.60. The number of carbonyl (C=O) groups is 4. The van der Waals surface area contributed by atoms with Gasteiger partial charge < -0.3 is 20.6 Å². The van der Waals surface area contributed by atoms with Gasteiger partial charge in [0.2, 0.25) is 17.7 Å². The van der Waals surface area contributed by atoms with E-state index in [4.69, 9.17) is 0 Å². The summed E-state index contributed by atoms with van der Waals surface area (Å²) in [5.41, 5.74) is 1.67. The van der Waals surface area contributed by atoms with Crippen molar-refractivity contribution >= 4 is 52.1 Å². The predicted molar refractivity (Wildman–Crippen MR) is 111 cm³/mol. The van der Waals surface area contributed by atoms with Crippen molar-refractivity contribution in [2.24, 2.45) is 0 Å². The van der Waals surface area contributed by atoms with E-state index in [1.54, 1.807) is 12.1 Å². The van der Waals surface area contributed by atoms with Crippen molar-refractivity contribution in [3.8, 4) is 0 Å². The van der Waals surface area contributed by atoms with Crippen LogP contribution < -0.4 is 10.6 Å². The molecule has 28 heavy (non-hydrogen) atoms. The quantitative estimate of drug-likeness (QED) is 0.320. The number of hydrogen-bond donors (Lipinski definition) is 3. The number of nitrogens with one attached hydrogen (secondary N) is 2. The summed E-state index contributed by atoms with van der Waals surface area (Å²) in [6.07, 6.45) is -1.26. The van der Waals surface area contributed by atoms with Crippen LogP contribution in [0.4, 0.5) is 10.5 Å². The molecule has 0 aromatic heterocycles. The molecule has 0 radical (unpaired) electrons. The number of benzene rings is 1. The fourth-order valence-corrected chi connectivity index (χ4v) is 4.11. The van der Waals surface area contributed by atoms with Crippen LogP contribution in [0.5, 0.6) is 0 Å². The van der Waals surface area contributed by atoms with Crippen LogP contribution >= 0.6 is 22.6 Å². The van der Waals surface area contributed by atoms with Crippen LogP contribution in [0.2, 0.25) is 0 Å². The smallest absolute Gasteiger partial charge is 0.408 e. The van der Waals surface area contributed by atoms with Gasteiger partial charge in [0.1, 0.15) is 3.55 Å². The van der Waals surface area contributed by atoms with Crippen molar-refractivity contribution < 1.29 is 24.3 Å². The molecule has 0 aliphatic carbocycles. The van der Waals surface area contributed by atoms with Crippen molar-refractivity contribution in [2.45, 2.75) is 23.8 Å². The predicted octanol–water partition coefficient (Wildman–Crippen LogP) is 1.41. The van der Waals surface area contributed by atoms with E-state index in [1.807, 2.05) is 41.6 Å². The zero-order valence-electron chi connectivity index (χ0n) is 15.7. The van der Waals surface area contributed by atoms with Crippen molar-refractivity contribution in [3.05, 3.63) is 29.8 Å². The minimum absolute atomic E-state index is 0.0552. The Morgan fingerprint density at radius 2 is 1.82 bits per heavy atom. The number of carbonyl (C=O) groups excluding carboxylic acids is 3. The Morgan fingerprint density at radius 1 is 1.18 bits per heavy atom. The highest BCUT2D eigenvalue weighted by Crippen LogP contribution is 2.33. The first-order valence-corrected chi connectivity index (χ1v) is 9.77. The summed E-state index contributed by atoms with van der Waals surface area (Å²) in [6.45, 7) is 3.43. The second-order valence-electron chi connectivity index (χ2n) is 6.67. The van der Waals surface area contributed by atoms with Gasteiger partial charge in [-0.3, -0.25) is 19.3 Å². The lowest BCUT2D eigenvalue weighted by molar-refractivity contribution is -0.135. The topological polar surface area (TPSA) is 119 Å². The number of rotatable bonds is 5. The molecule has 9 nitrogen and oxygen atoms in total. The summed E-state index contributed by atoms with van der Waals surface area (Å²) in [5, 5.41) is 14.7. The number of halogens is 1. The van der Waals surface area contributed by atoms with E-state index >= 15 is 0 Å². The molecule has 1 unspecified atom stereocenters. The first-order valence-electron chi connectivity index (χ1n) is 8.69. The molecule has 1 saturated heterocycles. The van der Waals surface area contributed by atoms with Gasteiger partial charge in [0.15, 0.2) is 0 Å². The summed E-state index contributed by atoms with van der Waals surface area (Å²) >= 11 is 1.92. The molecule has 152 valence electrons. The Morgan fingerprint density at radius 3 is 2.39 bits per heavy atom. The van der Waals surface area contributed by atoms with Gasteiger partial charge in [0.25, 0.3) is 0 Å². The number of amides is 4. The Hall–Kier alpha value is -2.37. The summed E-state index contributed by atoms with van der Waals surface area (Å²) in [5.74, 6) is -0.989. The molecule has 10 heteroatoms. The molecule has 0 spiro atoms. The molecule has 0 bridgehead atoms. The maximum absolute atomic E-state index is 12.5. The maximum Gasteiger partial charge on any atom is 0.408 e. The molecule has 1 aliphatic heterocycles. The fraction of sp³-hybridized carbons (Fsp3) is 0.444. The van der Waals surface area contributed by atoms with Crippen LogP contribution in [0.1, 0.15) is 18.9 Å². The number of nitrogens with zero attached hydrogens (tertiary/aromatic N) is 2. The van der Waals surface area contributed by atoms with Crippen LogP contribution in [0, 0.1) is 6.92 Å². The SMILES string of the molecule is CC(=O)NCC(=O)N1CCN(C(=O)O)C(I)(CC(=O)Nc2ccc(C)cc2)C1. The minimum Gasteiger partial charge on any atom is -0.465 e. The third-order valence-electron chi connectivity index (χ3n) is 4.35. The molecule has 1 atom stereocenters. The molecule has 3 N–H and O–H groups in total. The van der Waals surface area contributed by atoms with Crippen molar-refractivity contribution in [1.82, 2.24) is 15.1 Å². The van der Waals surface area contributed by atoms with Crippen molar-refractivity contribution in [2.75, 3.05) is 31.5 Å². The van der Waals surface area contributed by atoms with Gasteiger partial charge in [-0.25, -0.2) is 4.79 Å². The lowest BCUT2D eigenvalue weighted by atomic mass is 10.1. The third-order valence-corrected chi connectivity index (χ3v) is 5.65. The van der Waals surface area contributed by atoms with Gasteiger partial charge in [-0.15, -0.1) is 0 Å². The Labute approximate surface area is 176 Å². The molecule has 0 saturated carbocycles. The fourth-order valence-electron chi connectivity index (χ4n) is 2.91. The second kappa shape index (κ2) is 9.22. The molecule has 2 rings (SSSR count). The maximum atomic E-state index is 12.5. The second-order valence-corrected chi connectivity index (χ2v) is 8.68. The normalized spacial score (nSPS) is 19.1. The standard InChI is InChI=1S/C18H23IN4O5/c1-12-3-5-14(6-4-12)21-15(25)9-18(19)11-22(7-8-23(18)17(27)28)16(26)10-20-13(2)24/h3-6H,7-11H2,1-2H3,(H,20,24)(H,21,25)(H,27,28). The summed E-state index contributed by atoms with van der Waals surface area (Å²) in [6, 6.07) is 7.27. The zero-order chi connectivity index (χ0) is 20.9. The van der Waals surface area contributed by atoms with E-state index in [9.17, 15) is 24.3 Å². The molecule has 1 aromatic carbocycles. The van der Waals surface area contributed by atoms with Gasteiger partial charge >= 0.3 is 6.09 Å². The Kier molecular flexibility index (Phi) is 7.22. The number of carboxylic acid groups (broad SMARTS) is 1. The first kappa shape index (κ1) is 21.9. The molecule has 1 heterocycles. The molecular formula is C18H23IN4O5. The highest BCUT2D eigenvalue weighted by Gasteiger charge is 2.45. The lowest BCUT2D eigenvalue weighted by Gasteiger charge is -2.45. The van der Waals surface area contributed by atoms with Crippen LogP contribution in [-0.2, 0) is 14.4 Å². The van der Waals surface area contributed by atoms with Crippen LogP contribution in [0.3, 0.4) is 0 Å². The molecule has 4 amide bonds. The van der Waals surface area contributed by atoms with Crippen LogP contribution in [0.25, 0.3) is 0 Å². The van der Waals surface area contributed by atoms with Gasteiger partial charge in [-0.2, -0.15) is 0 Å². The summed E-state index contributed by atoms with van der Waals surface area (Å²) < 4.78 is -1.11. The van der Waals surface area contributed by atoms with Gasteiger partial charge in [-0.05, 0) is 19.1 Å². The minimum atomic E-state index is -1.15. The number of piperazine rings is 1. The summed E-state index contributed by atoms with van der Waals surface area (Å²) in [7, 11) is 0. The average molecular weight is 502 g/mol. The molecule has 1 aromatic rings. The Balaban J connectivity index is 2.09. The Bertz CT molecular complexity index is 770. The molecular weight excluding hydrogens is 479 g/mol. The summed E-state index contributed by atoms with van der Waals surface area (Å²) in [4.78, 5) is 50.2. The van der Waals surface area contributed by atoms with Crippen LogP contribution in [0.15, 0.2) is 24.3 Å². The number of aryl methyl sites for hydroxylation is 1. The van der Waals surface area contributed by atoms with Crippen molar-refractivity contribution in [1.29, 1.82) is 0 Å². The molecule has 1 aliphatic rings. The van der Waals surface area contributed by atoms with E-state index in [2.05, 4.69) is 10.6 Å². The van der Waals surface area contributed by atoms with Crippen molar-refractivity contribution in [3.63, 3.8) is 0 Å². The largest absolute Gasteiger partial charge is 0.465 e. The van der Waals surface area contributed by atoms with Gasteiger partial charge in [0.05, 0.1) is 19.5 Å². The van der Waals surface area contributed by atoms with E-state index in [-0.39, 0.29) is 50.3 Å². The number of alkyl halides is 1. The monoisotopic (exact) mass is 502 g/mol. The van der Waals surface area contributed by atoms with Crippen LogP contribution in [-0.4, -0.2) is 68.4 Å². The number of hydrogen-bond acceptors (Lipinski definition) is 4. The third kappa shape index (κ3) is 5.81. The molecule has 1 fully saturated rings. The number of anilines is 1. The van der Waals surface area contributed by atoms with Gasteiger partial charge in [-0.1, -0.05) is 40.3 Å². The highest BCUT2D eigenvalue weighted by atomic mass is 127. The van der Waals surface area contributed by atoms with Gasteiger partial charge in [0, 0.05) is 25.7 Å². The zero-order valence-corrected chi connectivity index (χ0v) is 17.9. The van der Waals surface area contributed by atoms with E-state index in [0.29, 0.717) is 5.69 Å².